The number of carbonyl (C=O) groups excluding carboxylic acids is 3. The lowest BCUT2D eigenvalue weighted by atomic mass is 9.63. The number of hydrogen-bond donors (Lipinski definition) is 1. The number of rotatable bonds is 2. The Bertz CT molecular complexity index is 656. The van der Waals surface area contributed by atoms with E-state index in [0.29, 0.717) is 18.4 Å². The van der Waals surface area contributed by atoms with Crippen LogP contribution in [0.4, 0.5) is 0 Å². The molecule has 2 fully saturated rings. The minimum absolute atomic E-state index is 0.243. The van der Waals surface area contributed by atoms with Crippen LogP contribution in [0.15, 0.2) is 24.5 Å². The molecule has 116 valence electrons. The first-order valence-corrected chi connectivity index (χ1v) is 7.38. The average Bonchev–Trinajstić information content (AvgIpc) is 2.69. The lowest BCUT2D eigenvalue weighted by Crippen LogP contribution is -2.63. The number of pyridine rings is 1. The first-order chi connectivity index (χ1) is 10.3. The Morgan fingerprint density at radius 3 is 2.55 bits per heavy atom. The maximum atomic E-state index is 12.8. The standard InChI is InChI=1S/C16H19N3O3/c1-15(2)11-4-7-16(15,3)14(22)19(13(11)21)18-12(20)10-5-8-17-9-6-10/h5-6,8-9,11H,4,7H2,1-3H3,(H,18,20)/t11-,16-/m0/s1. The molecule has 3 rings (SSSR count). The summed E-state index contributed by atoms with van der Waals surface area (Å²) in [4.78, 5) is 41.4. The van der Waals surface area contributed by atoms with Gasteiger partial charge in [-0.2, -0.15) is 5.01 Å². The van der Waals surface area contributed by atoms with Gasteiger partial charge in [-0.15, -0.1) is 0 Å². The number of fused-ring (bicyclic) bond motifs is 2. The van der Waals surface area contributed by atoms with Crippen molar-refractivity contribution in [1.29, 1.82) is 0 Å². The molecule has 2 heterocycles. The number of aromatic nitrogens is 1. The minimum atomic E-state index is -0.628. The summed E-state index contributed by atoms with van der Waals surface area (Å²) in [5, 5.41) is 0.922. The fourth-order valence-electron chi connectivity index (χ4n) is 3.59. The maximum Gasteiger partial charge on any atom is 0.270 e. The highest BCUT2D eigenvalue weighted by Gasteiger charge is 2.64. The maximum absolute atomic E-state index is 12.8. The number of nitrogens with one attached hydrogen (secondary N) is 1. The first-order valence-electron chi connectivity index (χ1n) is 7.38. The van der Waals surface area contributed by atoms with E-state index < -0.39 is 11.3 Å². The van der Waals surface area contributed by atoms with Crippen LogP contribution in [0.3, 0.4) is 0 Å². The van der Waals surface area contributed by atoms with Crippen LogP contribution in [0.2, 0.25) is 0 Å². The van der Waals surface area contributed by atoms with E-state index in [1.54, 1.807) is 0 Å². The van der Waals surface area contributed by atoms with Crippen molar-refractivity contribution >= 4 is 17.7 Å². The van der Waals surface area contributed by atoms with E-state index in [4.69, 9.17) is 0 Å². The molecule has 1 saturated carbocycles. The van der Waals surface area contributed by atoms with Crippen molar-refractivity contribution in [2.75, 3.05) is 0 Å². The van der Waals surface area contributed by atoms with Gasteiger partial charge in [0.25, 0.3) is 17.7 Å². The topological polar surface area (TPSA) is 79.4 Å². The van der Waals surface area contributed by atoms with Crippen molar-refractivity contribution in [3.63, 3.8) is 0 Å². The lowest BCUT2D eigenvalue weighted by molar-refractivity contribution is -0.171. The molecule has 1 aliphatic carbocycles. The molecule has 22 heavy (non-hydrogen) atoms. The summed E-state index contributed by atoms with van der Waals surface area (Å²) in [5.41, 5.74) is 1.81. The van der Waals surface area contributed by atoms with Crippen molar-refractivity contribution in [3.8, 4) is 0 Å². The normalized spacial score (nSPS) is 29.6. The number of nitrogens with zero attached hydrogens (tertiary/aromatic N) is 2. The Balaban J connectivity index is 1.89. The van der Waals surface area contributed by atoms with Crippen molar-refractivity contribution in [2.45, 2.75) is 33.6 Å². The minimum Gasteiger partial charge on any atom is -0.272 e. The van der Waals surface area contributed by atoms with Gasteiger partial charge in [0.1, 0.15) is 0 Å². The summed E-state index contributed by atoms with van der Waals surface area (Å²) in [6, 6.07) is 3.07. The van der Waals surface area contributed by atoms with Crippen molar-refractivity contribution in [3.05, 3.63) is 30.1 Å². The molecule has 0 aromatic carbocycles. The molecule has 3 amide bonds. The lowest BCUT2D eigenvalue weighted by Gasteiger charge is -2.47. The molecule has 2 aliphatic rings. The van der Waals surface area contributed by atoms with E-state index >= 15 is 0 Å². The van der Waals surface area contributed by atoms with E-state index in [2.05, 4.69) is 10.4 Å². The first kappa shape index (κ1) is 14.7. The molecule has 1 aromatic heterocycles. The zero-order chi connectivity index (χ0) is 16.1. The number of piperidine rings is 1. The molecule has 6 heteroatoms. The fourth-order valence-corrected chi connectivity index (χ4v) is 3.59. The van der Waals surface area contributed by atoms with Crippen LogP contribution in [-0.4, -0.2) is 27.7 Å². The number of hydrogen-bond acceptors (Lipinski definition) is 4. The highest BCUT2D eigenvalue weighted by molar-refractivity contribution is 6.06. The Kier molecular flexibility index (Phi) is 3.09. The van der Waals surface area contributed by atoms with Gasteiger partial charge in [-0.1, -0.05) is 20.8 Å². The molecule has 1 aromatic rings. The SMILES string of the molecule is CC1(C)[C@H]2CC[C@@]1(C)C(=O)N(NC(=O)c1ccncc1)C2=O. The van der Waals surface area contributed by atoms with E-state index in [0.717, 1.165) is 5.01 Å². The molecule has 1 saturated heterocycles. The number of carbonyl (C=O) groups is 3. The van der Waals surface area contributed by atoms with E-state index in [1.165, 1.54) is 24.5 Å². The quantitative estimate of drug-likeness (QED) is 0.840. The van der Waals surface area contributed by atoms with Crippen molar-refractivity contribution in [2.24, 2.45) is 16.7 Å². The van der Waals surface area contributed by atoms with Gasteiger partial charge in [-0.25, -0.2) is 0 Å². The molecule has 2 bridgehead atoms. The summed E-state index contributed by atoms with van der Waals surface area (Å²) < 4.78 is 0. The van der Waals surface area contributed by atoms with Gasteiger partial charge in [0.15, 0.2) is 0 Å². The van der Waals surface area contributed by atoms with Crippen LogP contribution in [0.25, 0.3) is 0 Å². The monoisotopic (exact) mass is 301 g/mol. The molecule has 0 radical (unpaired) electrons. The predicted octanol–water partition coefficient (Wildman–Crippen LogP) is 1.54. The van der Waals surface area contributed by atoms with Crippen LogP contribution in [0.1, 0.15) is 44.0 Å². The summed E-state index contributed by atoms with van der Waals surface area (Å²) >= 11 is 0. The second kappa shape index (κ2) is 4.63. The molecular formula is C16H19N3O3. The summed E-state index contributed by atoms with van der Waals surface area (Å²) in [6.07, 6.45) is 4.32. The van der Waals surface area contributed by atoms with Crippen molar-refractivity contribution < 1.29 is 14.4 Å². The van der Waals surface area contributed by atoms with Crippen LogP contribution >= 0.6 is 0 Å². The van der Waals surface area contributed by atoms with Crippen LogP contribution in [0.5, 0.6) is 0 Å². The second-order valence-corrected chi connectivity index (χ2v) is 6.80. The predicted molar refractivity (Wildman–Crippen MR) is 78.2 cm³/mol. The van der Waals surface area contributed by atoms with Crippen molar-refractivity contribution in [1.82, 2.24) is 15.4 Å². The van der Waals surface area contributed by atoms with Gasteiger partial charge < -0.3 is 0 Å². The van der Waals surface area contributed by atoms with Gasteiger partial charge in [0.2, 0.25) is 0 Å². The number of amides is 3. The second-order valence-electron chi connectivity index (χ2n) is 6.80. The average molecular weight is 301 g/mol. The smallest absolute Gasteiger partial charge is 0.270 e. The van der Waals surface area contributed by atoms with Gasteiger partial charge in [0.05, 0.1) is 5.41 Å². The molecule has 6 nitrogen and oxygen atoms in total. The highest BCUT2D eigenvalue weighted by Crippen LogP contribution is 2.59. The molecular weight excluding hydrogens is 282 g/mol. The summed E-state index contributed by atoms with van der Waals surface area (Å²) in [7, 11) is 0. The fraction of sp³-hybridized carbons (Fsp3) is 0.500. The van der Waals surface area contributed by atoms with E-state index in [1.807, 2.05) is 20.8 Å². The zero-order valence-corrected chi connectivity index (χ0v) is 12.9. The summed E-state index contributed by atoms with van der Waals surface area (Å²) in [5.74, 6) is -1.36. The Labute approximate surface area is 128 Å². The van der Waals surface area contributed by atoms with Crippen LogP contribution in [0, 0.1) is 16.7 Å². The molecule has 1 aliphatic heterocycles. The number of hydrazine groups is 1. The van der Waals surface area contributed by atoms with E-state index in [9.17, 15) is 14.4 Å². The molecule has 0 spiro atoms. The van der Waals surface area contributed by atoms with Crippen LogP contribution in [-0.2, 0) is 9.59 Å². The highest BCUT2D eigenvalue weighted by atomic mass is 16.2. The Morgan fingerprint density at radius 1 is 1.27 bits per heavy atom. The third-order valence-electron chi connectivity index (χ3n) is 5.58. The molecule has 2 atom stereocenters. The zero-order valence-electron chi connectivity index (χ0n) is 12.9. The van der Waals surface area contributed by atoms with Gasteiger partial charge >= 0.3 is 0 Å². The number of imide groups is 1. The third-order valence-corrected chi connectivity index (χ3v) is 5.58. The molecule has 0 unspecified atom stereocenters. The van der Waals surface area contributed by atoms with E-state index in [-0.39, 0.29) is 23.1 Å². The third kappa shape index (κ3) is 1.79. The Hall–Kier alpha value is -2.24. The van der Waals surface area contributed by atoms with Gasteiger partial charge in [0, 0.05) is 23.9 Å². The van der Waals surface area contributed by atoms with Crippen LogP contribution < -0.4 is 5.43 Å². The summed E-state index contributed by atoms with van der Waals surface area (Å²) in [6.45, 7) is 5.80. The van der Waals surface area contributed by atoms with Gasteiger partial charge in [-0.3, -0.25) is 24.8 Å². The molecule has 1 N–H and O–H groups in total. The largest absolute Gasteiger partial charge is 0.272 e. The Morgan fingerprint density at radius 2 is 1.91 bits per heavy atom. The van der Waals surface area contributed by atoms with Gasteiger partial charge in [-0.05, 0) is 30.4 Å².